The molecule has 2 heterocycles. The molecule has 0 N–H and O–H groups in total. The normalized spacial score (nSPS) is 17.1. The first-order valence-electron chi connectivity index (χ1n) is 6.45. The lowest BCUT2D eigenvalue weighted by Gasteiger charge is -2.37. The van der Waals surface area contributed by atoms with Gasteiger partial charge in [-0.15, -0.1) is 0 Å². The highest BCUT2D eigenvalue weighted by Crippen LogP contribution is 2.26. The maximum atomic E-state index is 12.4. The zero-order chi connectivity index (χ0) is 14.2. The molecule has 3 rings (SSSR count). The van der Waals surface area contributed by atoms with Crippen LogP contribution in [-0.2, 0) is 16.6 Å². The molecule has 6 nitrogen and oxygen atoms in total. The lowest BCUT2D eigenvalue weighted by molar-refractivity contribution is 0.174. The van der Waals surface area contributed by atoms with Gasteiger partial charge in [-0.3, -0.25) is 4.68 Å². The fourth-order valence-corrected chi connectivity index (χ4v) is 4.05. The highest BCUT2D eigenvalue weighted by atomic mass is 32.2. The van der Waals surface area contributed by atoms with E-state index in [0.29, 0.717) is 30.4 Å². The van der Waals surface area contributed by atoms with E-state index in [0.717, 1.165) is 5.56 Å². The fourth-order valence-electron chi connectivity index (χ4n) is 2.35. The van der Waals surface area contributed by atoms with Gasteiger partial charge in [-0.1, -0.05) is 12.1 Å². The van der Waals surface area contributed by atoms with Gasteiger partial charge in [0.1, 0.15) is 12.7 Å². The van der Waals surface area contributed by atoms with Crippen molar-refractivity contribution in [2.45, 2.75) is 18.4 Å². The SMILES string of the molecule is Cc1cccc(S(=O)(=O)N2CC(Cn3cncn3)C2)c1. The second kappa shape index (κ2) is 4.99. The number of rotatable bonds is 4. The van der Waals surface area contributed by atoms with Gasteiger partial charge < -0.3 is 0 Å². The molecule has 2 aromatic rings. The van der Waals surface area contributed by atoms with Crippen LogP contribution in [0.15, 0.2) is 41.8 Å². The summed E-state index contributed by atoms with van der Waals surface area (Å²) in [7, 11) is -3.35. The van der Waals surface area contributed by atoms with Gasteiger partial charge in [0, 0.05) is 25.6 Å². The van der Waals surface area contributed by atoms with Crippen LogP contribution in [0.5, 0.6) is 0 Å². The van der Waals surface area contributed by atoms with Crippen LogP contribution in [0, 0.1) is 12.8 Å². The summed E-state index contributed by atoms with van der Waals surface area (Å²) in [4.78, 5) is 4.25. The van der Waals surface area contributed by atoms with Gasteiger partial charge >= 0.3 is 0 Å². The van der Waals surface area contributed by atoms with Crippen LogP contribution >= 0.6 is 0 Å². The van der Waals surface area contributed by atoms with Gasteiger partial charge in [-0.2, -0.15) is 9.40 Å². The van der Waals surface area contributed by atoms with Gasteiger partial charge in [0.15, 0.2) is 0 Å². The molecule has 1 aliphatic rings. The molecule has 0 atom stereocenters. The Kier molecular flexibility index (Phi) is 3.31. The minimum absolute atomic E-state index is 0.302. The Labute approximate surface area is 118 Å². The number of hydrogen-bond acceptors (Lipinski definition) is 4. The third kappa shape index (κ3) is 2.46. The molecule has 0 amide bonds. The number of aryl methyl sites for hydroxylation is 1. The lowest BCUT2D eigenvalue weighted by Crippen LogP contribution is -2.51. The Morgan fingerprint density at radius 3 is 2.80 bits per heavy atom. The minimum Gasteiger partial charge on any atom is -0.253 e. The molecule has 0 bridgehead atoms. The highest BCUT2D eigenvalue weighted by molar-refractivity contribution is 7.89. The molecule has 1 saturated heterocycles. The molecular formula is C13H16N4O2S. The number of aromatic nitrogens is 3. The predicted octanol–water partition coefficient (Wildman–Crippen LogP) is 0.907. The first-order valence-corrected chi connectivity index (χ1v) is 7.89. The van der Waals surface area contributed by atoms with Crippen LogP contribution in [0.1, 0.15) is 5.56 Å². The number of hydrogen-bond donors (Lipinski definition) is 0. The molecular weight excluding hydrogens is 276 g/mol. The Morgan fingerprint density at radius 2 is 2.15 bits per heavy atom. The fraction of sp³-hybridized carbons (Fsp3) is 0.385. The Hall–Kier alpha value is -1.73. The molecule has 1 aromatic carbocycles. The van der Waals surface area contributed by atoms with Crippen molar-refractivity contribution in [1.29, 1.82) is 0 Å². The van der Waals surface area contributed by atoms with E-state index in [9.17, 15) is 8.42 Å². The second-order valence-electron chi connectivity index (χ2n) is 5.12. The molecule has 0 spiro atoms. The van der Waals surface area contributed by atoms with Crippen molar-refractivity contribution in [1.82, 2.24) is 19.1 Å². The molecule has 106 valence electrons. The van der Waals surface area contributed by atoms with Crippen LogP contribution < -0.4 is 0 Å². The van der Waals surface area contributed by atoms with E-state index in [-0.39, 0.29) is 0 Å². The average molecular weight is 292 g/mol. The summed E-state index contributed by atoms with van der Waals surface area (Å²) < 4.78 is 28.1. The maximum absolute atomic E-state index is 12.4. The molecule has 0 radical (unpaired) electrons. The minimum atomic E-state index is -3.35. The molecule has 0 saturated carbocycles. The van der Waals surface area contributed by atoms with Crippen molar-refractivity contribution < 1.29 is 8.42 Å². The first kappa shape index (κ1) is 13.3. The van der Waals surface area contributed by atoms with Crippen molar-refractivity contribution in [3.05, 3.63) is 42.5 Å². The van der Waals surface area contributed by atoms with Gasteiger partial charge in [-0.25, -0.2) is 13.4 Å². The van der Waals surface area contributed by atoms with E-state index in [1.807, 2.05) is 13.0 Å². The van der Waals surface area contributed by atoms with E-state index in [1.54, 1.807) is 29.2 Å². The van der Waals surface area contributed by atoms with Crippen LogP contribution in [0.2, 0.25) is 0 Å². The third-order valence-electron chi connectivity index (χ3n) is 3.46. The zero-order valence-corrected chi connectivity index (χ0v) is 12.0. The number of benzene rings is 1. The van der Waals surface area contributed by atoms with E-state index >= 15 is 0 Å². The van der Waals surface area contributed by atoms with E-state index in [4.69, 9.17) is 0 Å². The topological polar surface area (TPSA) is 68.1 Å². The van der Waals surface area contributed by atoms with Gasteiger partial charge in [0.05, 0.1) is 4.90 Å². The van der Waals surface area contributed by atoms with Crippen LogP contribution in [0.25, 0.3) is 0 Å². The lowest BCUT2D eigenvalue weighted by atomic mass is 10.0. The smallest absolute Gasteiger partial charge is 0.243 e. The molecule has 0 unspecified atom stereocenters. The first-order chi connectivity index (χ1) is 9.55. The molecule has 1 aliphatic heterocycles. The highest BCUT2D eigenvalue weighted by Gasteiger charge is 2.36. The van der Waals surface area contributed by atoms with Crippen molar-refractivity contribution in [2.75, 3.05) is 13.1 Å². The van der Waals surface area contributed by atoms with Gasteiger partial charge in [0.2, 0.25) is 10.0 Å². The number of sulfonamides is 1. The second-order valence-corrected chi connectivity index (χ2v) is 7.06. The van der Waals surface area contributed by atoms with Gasteiger partial charge in [-0.05, 0) is 24.6 Å². The van der Waals surface area contributed by atoms with Crippen LogP contribution in [0.3, 0.4) is 0 Å². The summed E-state index contributed by atoms with van der Waals surface area (Å²) in [6.07, 6.45) is 3.14. The Bertz CT molecular complexity index is 691. The van der Waals surface area contributed by atoms with Gasteiger partial charge in [0.25, 0.3) is 0 Å². The molecule has 0 aliphatic carbocycles. The van der Waals surface area contributed by atoms with Crippen LogP contribution in [-0.4, -0.2) is 40.6 Å². The summed E-state index contributed by atoms with van der Waals surface area (Å²) in [5, 5.41) is 4.03. The maximum Gasteiger partial charge on any atom is 0.243 e. The Balaban J connectivity index is 1.67. The third-order valence-corrected chi connectivity index (χ3v) is 5.29. The molecule has 7 heteroatoms. The van der Waals surface area contributed by atoms with E-state index in [2.05, 4.69) is 10.1 Å². The van der Waals surface area contributed by atoms with Crippen molar-refractivity contribution in [2.24, 2.45) is 5.92 Å². The monoisotopic (exact) mass is 292 g/mol. The van der Waals surface area contributed by atoms with Crippen LogP contribution in [0.4, 0.5) is 0 Å². The summed E-state index contributed by atoms with van der Waals surface area (Å²) in [5.74, 6) is 0.302. The summed E-state index contributed by atoms with van der Waals surface area (Å²) >= 11 is 0. The Morgan fingerprint density at radius 1 is 1.35 bits per heavy atom. The predicted molar refractivity (Wildman–Crippen MR) is 73.4 cm³/mol. The summed E-state index contributed by atoms with van der Waals surface area (Å²) in [6.45, 7) is 3.68. The summed E-state index contributed by atoms with van der Waals surface area (Å²) in [6, 6.07) is 7.02. The molecule has 1 fully saturated rings. The largest absolute Gasteiger partial charge is 0.253 e. The summed E-state index contributed by atoms with van der Waals surface area (Å²) in [5.41, 5.74) is 0.950. The average Bonchev–Trinajstić information content (AvgIpc) is 2.86. The zero-order valence-electron chi connectivity index (χ0n) is 11.2. The molecule has 1 aromatic heterocycles. The standard InChI is InChI=1S/C13H16N4O2S/c1-11-3-2-4-13(5-11)20(18,19)17-7-12(8-17)6-16-10-14-9-15-16/h2-5,9-10,12H,6-8H2,1H3. The van der Waals surface area contributed by atoms with Crippen molar-refractivity contribution >= 4 is 10.0 Å². The number of nitrogens with zero attached hydrogens (tertiary/aromatic N) is 4. The van der Waals surface area contributed by atoms with Crippen molar-refractivity contribution in [3.63, 3.8) is 0 Å². The van der Waals surface area contributed by atoms with E-state index < -0.39 is 10.0 Å². The van der Waals surface area contributed by atoms with E-state index in [1.165, 1.54) is 10.6 Å². The molecule has 20 heavy (non-hydrogen) atoms. The quantitative estimate of drug-likeness (QED) is 0.840. The van der Waals surface area contributed by atoms with Crippen molar-refractivity contribution in [3.8, 4) is 0 Å².